The van der Waals surface area contributed by atoms with Gasteiger partial charge in [-0.05, 0) is 24.8 Å². The number of aromatic nitrogens is 1. The minimum absolute atomic E-state index is 0.0774. The molecule has 0 aromatic carbocycles. The molecule has 3 N–H and O–H groups in total. The fourth-order valence-electron chi connectivity index (χ4n) is 1.52. The maximum atomic E-state index is 10.8. The van der Waals surface area contributed by atoms with Crippen LogP contribution in [0.25, 0.3) is 0 Å². The van der Waals surface area contributed by atoms with Crippen molar-refractivity contribution in [3.63, 3.8) is 0 Å². The lowest BCUT2D eigenvalue weighted by atomic mass is 10.3. The van der Waals surface area contributed by atoms with E-state index in [9.17, 15) is 10.1 Å². The van der Waals surface area contributed by atoms with E-state index in [1.165, 1.54) is 25.0 Å². The first-order valence-electron chi connectivity index (χ1n) is 5.89. The third-order valence-electron chi connectivity index (χ3n) is 2.68. The van der Waals surface area contributed by atoms with Gasteiger partial charge in [0.1, 0.15) is 5.82 Å². The van der Waals surface area contributed by atoms with Gasteiger partial charge in [-0.25, -0.2) is 4.98 Å². The summed E-state index contributed by atoms with van der Waals surface area (Å²) in [5.74, 6) is 1.15. The van der Waals surface area contributed by atoms with E-state index in [-0.39, 0.29) is 17.3 Å². The molecule has 98 valence electrons. The van der Waals surface area contributed by atoms with E-state index in [0.717, 1.165) is 6.61 Å². The third kappa shape index (κ3) is 3.56. The first-order chi connectivity index (χ1) is 8.66. The molecular weight excluding hydrogens is 236 g/mol. The smallest absolute Gasteiger partial charge is 0.311 e. The number of ether oxygens (including phenoxy) is 1. The Morgan fingerprint density at radius 3 is 3.00 bits per heavy atom. The molecule has 1 aromatic rings. The highest BCUT2D eigenvalue weighted by Gasteiger charge is 2.21. The monoisotopic (exact) mass is 252 g/mol. The van der Waals surface area contributed by atoms with Crippen LogP contribution in [0.3, 0.4) is 0 Å². The van der Waals surface area contributed by atoms with Crippen LogP contribution in [-0.4, -0.2) is 29.7 Å². The summed E-state index contributed by atoms with van der Waals surface area (Å²) in [7, 11) is 0. The van der Waals surface area contributed by atoms with E-state index in [0.29, 0.717) is 19.1 Å². The van der Waals surface area contributed by atoms with Crippen LogP contribution < -0.4 is 11.1 Å². The Morgan fingerprint density at radius 1 is 1.56 bits per heavy atom. The molecule has 0 bridgehead atoms. The summed E-state index contributed by atoms with van der Waals surface area (Å²) in [5, 5.41) is 13.6. The molecule has 0 saturated heterocycles. The van der Waals surface area contributed by atoms with Gasteiger partial charge >= 0.3 is 5.69 Å². The molecule has 18 heavy (non-hydrogen) atoms. The first-order valence-corrected chi connectivity index (χ1v) is 5.89. The molecule has 0 unspecified atom stereocenters. The SMILES string of the molecule is Nc1ccc([N+](=O)[O-])c(NCCOCC2CC2)n1. The maximum Gasteiger partial charge on any atom is 0.311 e. The molecule has 1 aliphatic carbocycles. The van der Waals surface area contributed by atoms with Gasteiger partial charge in [-0.15, -0.1) is 0 Å². The van der Waals surface area contributed by atoms with Crippen molar-refractivity contribution in [1.82, 2.24) is 4.98 Å². The van der Waals surface area contributed by atoms with Crippen LogP contribution >= 0.6 is 0 Å². The van der Waals surface area contributed by atoms with Crippen molar-refractivity contribution >= 4 is 17.3 Å². The molecule has 0 radical (unpaired) electrons. The predicted octanol–water partition coefficient (Wildman–Crippen LogP) is 1.41. The van der Waals surface area contributed by atoms with Gasteiger partial charge in [-0.1, -0.05) is 0 Å². The van der Waals surface area contributed by atoms with E-state index < -0.39 is 4.92 Å². The van der Waals surface area contributed by atoms with Gasteiger partial charge in [0.25, 0.3) is 0 Å². The van der Waals surface area contributed by atoms with Crippen LogP contribution in [0.2, 0.25) is 0 Å². The van der Waals surface area contributed by atoms with E-state index in [1.54, 1.807) is 0 Å². The van der Waals surface area contributed by atoms with Gasteiger partial charge in [0.2, 0.25) is 5.82 Å². The van der Waals surface area contributed by atoms with Crippen LogP contribution in [-0.2, 0) is 4.74 Å². The number of pyridine rings is 1. The minimum Gasteiger partial charge on any atom is -0.384 e. The number of nitrogens with zero attached hydrogens (tertiary/aromatic N) is 2. The zero-order valence-electron chi connectivity index (χ0n) is 9.96. The second kappa shape index (κ2) is 5.63. The molecule has 0 aliphatic heterocycles. The molecule has 1 aliphatic rings. The minimum atomic E-state index is -0.486. The Morgan fingerprint density at radius 2 is 2.33 bits per heavy atom. The normalized spacial score (nSPS) is 14.4. The Balaban J connectivity index is 1.82. The zero-order chi connectivity index (χ0) is 13.0. The maximum absolute atomic E-state index is 10.8. The van der Waals surface area contributed by atoms with Gasteiger partial charge in [0.15, 0.2) is 0 Å². The van der Waals surface area contributed by atoms with Crippen molar-refractivity contribution in [3.8, 4) is 0 Å². The lowest BCUT2D eigenvalue weighted by Crippen LogP contribution is -2.13. The molecular formula is C11H16N4O3. The molecule has 0 atom stereocenters. The summed E-state index contributed by atoms with van der Waals surface area (Å²) in [6.45, 7) is 1.75. The van der Waals surface area contributed by atoms with E-state index >= 15 is 0 Å². The number of nitrogens with one attached hydrogen (secondary N) is 1. The summed E-state index contributed by atoms with van der Waals surface area (Å²) in [4.78, 5) is 14.2. The summed E-state index contributed by atoms with van der Waals surface area (Å²) >= 11 is 0. The summed E-state index contributed by atoms with van der Waals surface area (Å²) in [6.07, 6.45) is 2.49. The van der Waals surface area contributed by atoms with Crippen LogP contribution in [0.4, 0.5) is 17.3 Å². The molecule has 1 aromatic heterocycles. The lowest BCUT2D eigenvalue weighted by molar-refractivity contribution is -0.384. The molecule has 2 rings (SSSR count). The van der Waals surface area contributed by atoms with Crippen molar-refractivity contribution < 1.29 is 9.66 Å². The highest BCUT2D eigenvalue weighted by Crippen LogP contribution is 2.28. The average Bonchev–Trinajstić information content (AvgIpc) is 3.12. The Hall–Kier alpha value is -1.89. The lowest BCUT2D eigenvalue weighted by Gasteiger charge is -2.07. The number of nitrogen functional groups attached to an aromatic ring is 1. The first kappa shape index (κ1) is 12.6. The second-order valence-electron chi connectivity index (χ2n) is 4.31. The van der Waals surface area contributed by atoms with Crippen LogP contribution in [0.5, 0.6) is 0 Å². The number of anilines is 2. The quantitative estimate of drug-likeness (QED) is 0.432. The number of nitro groups is 1. The van der Waals surface area contributed by atoms with Crippen LogP contribution in [0, 0.1) is 16.0 Å². The highest BCUT2D eigenvalue weighted by atomic mass is 16.6. The zero-order valence-corrected chi connectivity index (χ0v) is 9.96. The fourth-order valence-corrected chi connectivity index (χ4v) is 1.52. The molecule has 1 fully saturated rings. The number of nitrogens with two attached hydrogens (primary N) is 1. The third-order valence-corrected chi connectivity index (χ3v) is 2.68. The summed E-state index contributed by atoms with van der Waals surface area (Å²) in [5.41, 5.74) is 5.42. The van der Waals surface area contributed by atoms with Gasteiger partial charge < -0.3 is 15.8 Å². The van der Waals surface area contributed by atoms with Gasteiger partial charge in [-0.3, -0.25) is 10.1 Å². The fraction of sp³-hybridized carbons (Fsp3) is 0.545. The van der Waals surface area contributed by atoms with Crippen molar-refractivity contribution in [2.75, 3.05) is 30.8 Å². The van der Waals surface area contributed by atoms with E-state index in [1.807, 2.05) is 0 Å². The van der Waals surface area contributed by atoms with E-state index in [4.69, 9.17) is 10.5 Å². The van der Waals surface area contributed by atoms with Gasteiger partial charge in [-0.2, -0.15) is 0 Å². The second-order valence-corrected chi connectivity index (χ2v) is 4.31. The standard InChI is InChI=1S/C11H16N4O3/c12-10-4-3-9(15(16)17)11(14-10)13-5-6-18-7-8-1-2-8/h3-4,8H,1-2,5-7H2,(H3,12,13,14). The molecule has 0 spiro atoms. The Bertz CT molecular complexity index is 434. The number of hydrogen-bond donors (Lipinski definition) is 2. The van der Waals surface area contributed by atoms with Crippen molar-refractivity contribution in [1.29, 1.82) is 0 Å². The number of rotatable bonds is 7. The largest absolute Gasteiger partial charge is 0.384 e. The average molecular weight is 252 g/mol. The molecule has 7 nitrogen and oxygen atoms in total. The highest BCUT2D eigenvalue weighted by molar-refractivity contribution is 5.59. The number of hydrogen-bond acceptors (Lipinski definition) is 6. The van der Waals surface area contributed by atoms with Crippen molar-refractivity contribution in [2.45, 2.75) is 12.8 Å². The van der Waals surface area contributed by atoms with Crippen LogP contribution in [0.15, 0.2) is 12.1 Å². The Kier molecular flexibility index (Phi) is 3.93. The summed E-state index contributed by atoms with van der Waals surface area (Å²) < 4.78 is 5.42. The van der Waals surface area contributed by atoms with Gasteiger partial charge in [0.05, 0.1) is 11.5 Å². The summed E-state index contributed by atoms with van der Waals surface area (Å²) in [6, 6.07) is 2.75. The molecule has 1 saturated carbocycles. The molecule has 0 amide bonds. The van der Waals surface area contributed by atoms with E-state index in [2.05, 4.69) is 10.3 Å². The molecule has 1 heterocycles. The predicted molar refractivity (Wildman–Crippen MR) is 67.3 cm³/mol. The van der Waals surface area contributed by atoms with Gasteiger partial charge in [0, 0.05) is 19.2 Å². The van der Waals surface area contributed by atoms with Crippen LogP contribution in [0.1, 0.15) is 12.8 Å². The Labute approximate surface area is 104 Å². The van der Waals surface area contributed by atoms with Crippen molar-refractivity contribution in [2.24, 2.45) is 5.92 Å². The molecule has 7 heteroatoms. The van der Waals surface area contributed by atoms with Crippen molar-refractivity contribution in [3.05, 3.63) is 22.2 Å². The topological polar surface area (TPSA) is 103 Å².